The van der Waals surface area contributed by atoms with Crippen LogP contribution in [-0.4, -0.2) is 29.7 Å². The fraction of sp³-hybridized carbons (Fsp3) is 0.238. The van der Waals surface area contributed by atoms with Crippen molar-refractivity contribution in [2.75, 3.05) is 14.2 Å². The normalized spacial score (nSPS) is 10.5. The number of aryl methyl sites for hydroxylation is 1. The van der Waals surface area contributed by atoms with Crippen molar-refractivity contribution in [2.24, 2.45) is 0 Å². The molecule has 0 aliphatic carbocycles. The summed E-state index contributed by atoms with van der Waals surface area (Å²) in [6.45, 7) is 2.40. The van der Waals surface area contributed by atoms with Crippen molar-refractivity contribution in [3.05, 3.63) is 71.8 Å². The quantitative estimate of drug-likeness (QED) is 0.699. The van der Waals surface area contributed by atoms with E-state index in [1.54, 1.807) is 26.5 Å². The zero-order valence-corrected chi connectivity index (χ0v) is 15.7. The van der Waals surface area contributed by atoms with E-state index in [1.807, 2.05) is 54.1 Å². The van der Waals surface area contributed by atoms with E-state index in [9.17, 15) is 4.79 Å². The maximum absolute atomic E-state index is 12.4. The highest BCUT2D eigenvalue weighted by atomic mass is 16.5. The number of carbonyl (C=O) groups is 1. The van der Waals surface area contributed by atoms with Crippen LogP contribution in [-0.2, 0) is 17.8 Å². The topological polar surface area (TPSA) is 65.4 Å². The molecule has 0 spiro atoms. The molecule has 1 heterocycles. The van der Waals surface area contributed by atoms with Gasteiger partial charge in [-0.25, -0.2) is 4.98 Å². The van der Waals surface area contributed by atoms with Gasteiger partial charge < -0.3 is 19.4 Å². The van der Waals surface area contributed by atoms with E-state index in [0.29, 0.717) is 18.0 Å². The maximum Gasteiger partial charge on any atom is 0.224 e. The van der Waals surface area contributed by atoms with Gasteiger partial charge in [0.15, 0.2) is 11.5 Å². The first-order valence-corrected chi connectivity index (χ1v) is 8.68. The maximum atomic E-state index is 12.4. The first-order chi connectivity index (χ1) is 13.1. The molecule has 0 aliphatic heterocycles. The minimum atomic E-state index is -0.0561. The van der Waals surface area contributed by atoms with Crippen molar-refractivity contribution in [3.63, 3.8) is 0 Å². The van der Waals surface area contributed by atoms with E-state index in [4.69, 9.17) is 9.47 Å². The Kier molecular flexibility index (Phi) is 5.76. The van der Waals surface area contributed by atoms with Crippen molar-refractivity contribution in [1.82, 2.24) is 14.9 Å². The monoisotopic (exact) mass is 365 g/mol. The highest BCUT2D eigenvalue weighted by Crippen LogP contribution is 2.27. The lowest BCUT2D eigenvalue weighted by Crippen LogP contribution is -2.25. The van der Waals surface area contributed by atoms with Crippen molar-refractivity contribution in [1.29, 1.82) is 0 Å². The van der Waals surface area contributed by atoms with Crippen LogP contribution in [0.5, 0.6) is 11.5 Å². The molecule has 3 rings (SSSR count). The number of benzene rings is 2. The van der Waals surface area contributed by atoms with E-state index < -0.39 is 0 Å². The number of carbonyl (C=O) groups excluding carboxylic acids is 1. The molecule has 0 saturated heterocycles. The smallest absolute Gasteiger partial charge is 0.224 e. The Morgan fingerprint density at radius 2 is 1.89 bits per heavy atom. The number of hydrogen-bond donors (Lipinski definition) is 1. The summed E-state index contributed by atoms with van der Waals surface area (Å²) in [5, 5.41) is 2.99. The summed E-state index contributed by atoms with van der Waals surface area (Å²) in [6.07, 6.45) is 3.95. The number of para-hydroxylation sites is 1. The molecule has 140 valence electrons. The van der Waals surface area contributed by atoms with E-state index in [1.165, 1.54) is 0 Å². The van der Waals surface area contributed by atoms with Crippen molar-refractivity contribution < 1.29 is 14.3 Å². The highest BCUT2D eigenvalue weighted by Gasteiger charge is 2.10. The summed E-state index contributed by atoms with van der Waals surface area (Å²) in [5.41, 5.74) is 2.90. The van der Waals surface area contributed by atoms with Gasteiger partial charge in [-0.2, -0.15) is 0 Å². The van der Waals surface area contributed by atoms with Gasteiger partial charge in [0, 0.05) is 18.9 Å². The third-order valence-corrected chi connectivity index (χ3v) is 4.37. The molecule has 6 heteroatoms. The average molecular weight is 365 g/mol. The van der Waals surface area contributed by atoms with Crippen molar-refractivity contribution in [3.8, 4) is 17.2 Å². The average Bonchev–Trinajstić information content (AvgIpc) is 3.12. The molecular formula is C21H23N3O3. The molecular weight excluding hydrogens is 342 g/mol. The number of aromatic nitrogens is 2. The van der Waals surface area contributed by atoms with Crippen LogP contribution in [0, 0.1) is 6.92 Å². The van der Waals surface area contributed by atoms with Gasteiger partial charge in [0.2, 0.25) is 5.91 Å². The van der Waals surface area contributed by atoms with Crippen LogP contribution < -0.4 is 14.8 Å². The van der Waals surface area contributed by atoms with Gasteiger partial charge in [-0.1, -0.05) is 24.3 Å². The minimum Gasteiger partial charge on any atom is -0.493 e. The molecule has 27 heavy (non-hydrogen) atoms. The van der Waals surface area contributed by atoms with Gasteiger partial charge in [0.25, 0.3) is 0 Å². The predicted molar refractivity (Wildman–Crippen MR) is 103 cm³/mol. The summed E-state index contributed by atoms with van der Waals surface area (Å²) < 4.78 is 12.5. The van der Waals surface area contributed by atoms with Crippen LogP contribution in [0.15, 0.2) is 54.9 Å². The van der Waals surface area contributed by atoms with Gasteiger partial charge in [-0.3, -0.25) is 4.79 Å². The molecule has 1 amide bonds. The van der Waals surface area contributed by atoms with Crippen molar-refractivity contribution in [2.45, 2.75) is 19.9 Å². The van der Waals surface area contributed by atoms with Gasteiger partial charge in [-0.05, 0) is 36.2 Å². The zero-order valence-electron chi connectivity index (χ0n) is 15.7. The van der Waals surface area contributed by atoms with Crippen LogP contribution in [0.1, 0.15) is 17.0 Å². The van der Waals surface area contributed by atoms with Crippen LogP contribution in [0.2, 0.25) is 0 Å². The van der Waals surface area contributed by atoms with Crippen LogP contribution >= 0.6 is 0 Å². The first kappa shape index (κ1) is 18.5. The number of methoxy groups -OCH3 is 2. The SMILES string of the molecule is COc1ccc(CC(=O)NCc2ccccc2-n2ccnc2C)cc1OC. The summed E-state index contributed by atoms with van der Waals surface area (Å²) in [7, 11) is 3.17. The standard InChI is InChI=1S/C21H23N3O3/c1-15-22-10-11-24(15)18-7-5-4-6-17(18)14-23-21(25)13-16-8-9-19(26-2)20(12-16)27-3/h4-12H,13-14H2,1-3H3,(H,23,25). The molecule has 0 atom stereocenters. The van der Waals surface area contributed by atoms with Gasteiger partial charge in [-0.15, -0.1) is 0 Å². The molecule has 0 unspecified atom stereocenters. The van der Waals surface area contributed by atoms with Gasteiger partial charge in [0.1, 0.15) is 5.82 Å². The summed E-state index contributed by atoms with van der Waals surface area (Å²) >= 11 is 0. The molecule has 0 fully saturated rings. The number of rotatable bonds is 7. The fourth-order valence-electron chi connectivity index (χ4n) is 2.96. The van der Waals surface area contributed by atoms with E-state index in [-0.39, 0.29) is 12.3 Å². The third-order valence-electron chi connectivity index (χ3n) is 4.37. The zero-order chi connectivity index (χ0) is 19.2. The summed E-state index contributed by atoms with van der Waals surface area (Å²) in [5.74, 6) is 2.11. The van der Waals surface area contributed by atoms with Crippen LogP contribution in [0.4, 0.5) is 0 Å². The second-order valence-corrected chi connectivity index (χ2v) is 6.12. The molecule has 3 aromatic rings. The highest BCUT2D eigenvalue weighted by molar-refractivity contribution is 5.79. The Morgan fingerprint density at radius 1 is 1.11 bits per heavy atom. The largest absolute Gasteiger partial charge is 0.493 e. The van der Waals surface area contributed by atoms with Crippen molar-refractivity contribution >= 4 is 5.91 Å². The van der Waals surface area contributed by atoms with E-state index in [0.717, 1.165) is 22.6 Å². The van der Waals surface area contributed by atoms with Crippen LogP contribution in [0.3, 0.4) is 0 Å². The molecule has 0 radical (unpaired) electrons. The second-order valence-electron chi connectivity index (χ2n) is 6.12. The molecule has 2 aromatic carbocycles. The van der Waals surface area contributed by atoms with Crippen LogP contribution in [0.25, 0.3) is 5.69 Å². The number of nitrogens with one attached hydrogen (secondary N) is 1. The van der Waals surface area contributed by atoms with E-state index >= 15 is 0 Å². The van der Waals surface area contributed by atoms with Gasteiger partial charge >= 0.3 is 0 Å². The molecule has 0 saturated carbocycles. The molecule has 0 aliphatic rings. The first-order valence-electron chi connectivity index (χ1n) is 8.68. The molecule has 0 bridgehead atoms. The Hall–Kier alpha value is -3.28. The third kappa shape index (κ3) is 4.28. The summed E-state index contributed by atoms with van der Waals surface area (Å²) in [4.78, 5) is 16.7. The second kappa shape index (κ2) is 8.40. The fourth-order valence-corrected chi connectivity index (χ4v) is 2.96. The number of ether oxygens (including phenoxy) is 2. The Labute approximate surface area is 158 Å². The number of imidazole rings is 1. The number of amides is 1. The minimum absolute atomic E-state index is 0.0561. The van der Waals surface area contributed by atoms with E-state index in [2.05, 4.69) is 10.3 Å². The Balaban J connectivity index is 1.68. The molecule has 1 N–H and O–H groups in total. The summed E-state index contributed by atoms with van der Waals surface area (Å²) in [6, 6.07) is 13.5. The molecule has 1 aromatic heterocycles. The Bertz CT molecular complexity index is 934. The lowest BCUT2D eigenvalue weighted by atomic mass is 10.1. The number of hydrogen-bond acceptors (Lipinski definition) is 4. The Morgan fingerprint density at radius 3 is 2.59 bits per heavy atom. The molecule has 6 nitrogen and oxygen atoms in total. The number of nitrogens with zero attached hydrogens (tertiary/aromatic N) is 2. The predicted octanol–water partition coefficient (Wildman–Crippen LogP) is 3.06. The lowest BCUT2D eigenvalue weighted by Gasteiger charge is -2.13. The van der Waals surface area contributed by atoms with Gasteiger partial charge in [0.05, 0.1) is 26.3 Å². The lowest BCUT2D eigenvalue weighted by molar-refractivity contribution is -0.120.